The standard InChI is InChI=1S/C20H19NO5S/c1-24-16-8-7-13(9-17(16)25-2)20(23)21-10-19(22)26-11-14-12-27-18-6-4-3-5-15(14)18/h3-9,12H,10-11H2,1-2H3,(H,21,23). The fourth-order valence-corrected chi connectivity index (χ4v) is 3.53. The number of esters is 1. The van der Waals surface area contributed by atoms with E-state index < -0.39 is 11.9 Å². The molecule has 0 saturated heterocycles. The van der Waals surface area contributed by atoms with Gasteiger partial charge in [-0.1, -0.05) is 18.2 Å². The van der Waals surface area contributed by atoms with E-state index in [1.165, 1.54) is 14.2 Å². The molecular weight excluding hydrogens is 366 g/mol. The van der Waals surface area contributed by atoms with Crippen molar-refractivity contribution in [3.8, 4) is 11.5 Å². The molecule has 0 aliphatic heterocycles. The van der Waals surface area contributed by atoms with Crippen LogP contribution < -0.4 is 14.8 Å². The number of benzene rings is 2. The molecule has 140 valence electrons. The summed E-state index contributed by atoms with van der Waals surface area (Å²) in [4.78, 5) is 24.2. The van der Waals surface area contributed by atoms with Crippen LogP contribution in [0.1, 0.15) is 15.9 Å². The molecule has 0 saturated carbocycles. The van der Waals surface area contributed by atoms with Crippen molar-refractivity contribution >= 4 is 33.3 Å². The Balaban J connectivity index is 1.53. The number of amides is 1. The zero-order chi connectivity index (χ0) is 19.2. The molecule has 27 heavy (non-hydrogen) atoms. The minimum atomic E-state index is -0.501. The van der Waals surface area contributed by atoms with E-state index in [1.54, 1.807) is 29.5 Å². The normalized spacial score (nSPS) is 10.4. The van der Waals surface area contributed by atoms with Crippen molar-refractivity contribution in [1.82, 2.24) is 5.32 Å². The lowest BCUT2D eigenvalue weighted by atomic mass is 10.2. The molecule has 0 fully saturated rings. The van der Waals surface area contributed by atoms with E-state index in [0.29, 0.717) is 17.1 Å². The first-order valence-electron chi connectivity index (χ1n) is 8.23. The molecule has 1 heterocycles. The summed E-state index contributed by atoms with van der Waals surface area (Å²) in [6, 6.07) is 12.7. The van der Waals surface area contributed by atoms with Crippen LogP contribution >= 0.6 is 11.3 Å². The Morgan fingerprint density at radius 3 is 2.59 bits per heavy atom. The first-order valence-corrected chi connectivity index (χ1v) is 9.11. The van der Waals surface area contributed by atoms with Crippen LogP contribution in [0.3, 0.4) is 0 Å². The predicted molar refractivity (Wildman–Crippen MR) is 104 cm³/mol. The minimum absolute atomic E-state index is 0.176. The fraction of sp³-hybridized carbons (Fsp3) is 0.200. The van der Waals surface area contributed by atoms with Crippen LogP contribution in [0.4, 0.5) is 0 Å². The van der Waals surface area contributed by atoms with Crippen molar-refractivity contribution in [3.63, 3.8) is 0 Å². The molecule has 0 radical (unpaired) electrons. The number of rotatable bonds is 7. The van der Waals surface area contributed by atoms with Crippen LogP contribution in [0.2, 0.25) is 0 Å². The highest BCUT2D eigenvalue weighted by molar-refractivity contribution is 7.17. The summed E-state index contributed by atoms with van der Waals surface area (Å²) in [6.07, 6.45) is 0. The molecule has 0 aliphatic rings. The lowest BCUT2D eigenvalue weighted by Gasteiger charge is -2.10. The molecule has 7 heteroatoms. The predicted octanol–water partition coefficient (Wildman–Crippen LogP) is 3.39. The van der Waals surface area contributed by atoms with Crippen molar-refractivity contribution in [1.29, 1.82) is 0 Å². The fourth-order valence-electron chi connectivity index (χ4n) is 2.59. The van der Waals surface area contributed by atoms with Crippen LogP contribution in [0.5, 0.6) is 11.5 Å². The summed E-state index contributed by atoms with van der Waals surface area (Å²) in [5.74, 6) is 0.0708. The summed E-state index contributed by atoms with van der Waals surface area (Å²) < 4.78 is 16.7. The molecule has 1 aromatic heterocycles. The maximum atomic E-state index is 12.2. The van der Waals surface area contributed by atoms with Gasteiger partial charge in [0.1, 0.15) is 13.2 Å². The number of carbonyl (C=O) groups is 2. The summed E-state index contributed by atoms with van der Waals surface area (Å²) >= 11 is 1.60. The van der Waals surface area contributed by atoms with Gasteiger partial charge in [-0.2, -0.15) is 0 Å². The lowest BCUT2D eigenvalue weighted by molar-refractivity contribution is -0.143. The number of fused-ring (bicyclic) bond motifs is 1. The van der Waals surface area contributed by atoms with Crippen molar-refractivity contribution in [2.24, 2.45) is 0 Å². The first kappa shape index (κ1) is 18.7. The molecular formula is C20H19NO5S. The summed E-state index contributed by atoms with van der Waals surface area (Å²) in [5.41, 5.74) is 1.32. The highest BCUT2D eigenvalue weighted by atomic mass is 32.1. The first-order chi connectivity index (χ1) is 13.1. The third kappa shape index (κ3) is 4.38. The van der Waals surface area contributed by atoms with E-state index >= 15 is 0 Å². The molecule has 0 aliphatic carbocycles. The van der Waals surface area contributed by atoms with Gasteiger partial charge in [0, 0.05) is 15.8 Å². The Morgan fingerprint density at radius 1 is 1.04 bits per heavy atom. The van der Waals surface area contributed by atoms with Gasteiger partial charge in [0.15, 0.2) is 11.5 Å². The molecule has 0 atom stereocenters. The van der Waals surface area contributed by atoms with Crippen LogP contribution in [-0.4, -0.2) is 32.6 Å². The van der Waals surface area contributed by atoms with Gasteiger partial charge in [-0.15, -0.1) is 11.3 Å². The number of carbonyl (C=O) groups excluding carboxylic acids is 2. The Kier molecular flexibility index (Phi) is 5.93. The average molecular weight is 385 g/mol. The van der Waals surface area contributed by atoms with Crippen LogP contribution in [-0.2, 0) is 16.1 Å². The largest absolute Gasteiger partial charge is 0.493 e. The van der Waals surface area contributed by atoms with Gasteiger partial charge < -0.3 is 19.5 Å². The Hall–Kier alpha value is -3.06. The highest BCUT2D eigenvalue weighted by Gasteiger charge is 2.13. The van der Waals surface area contributed by atoms with Crippen LogP contribution in [0.15, 0.2) is 47.8 Å². The second-order valence-electron chi connectivity index (χ2n) is 5.67. The van der Waals surface area contributed by atoms with Crippen LogP contribution in [0, 0.1) is 0 Å². The molecule has 0 unspecified atom stereocenters. The molecule has 6 nitrogen and oxygen atoms in total. The van der Waals surface area contributed by atoms with Gasteiger partial charge >= 0.3 is 5.97 Å². The van der Waals surface area contributed by atoms with Gasteiger partial charge in [0.25, 0.3) is 5.91 Å². The molecule has 3 aromatic rings. The molecule has 0 spiro atoms. The summed E-state index contributed by atoms with van der Waals surface area (Å²) in [5, 5.41) is 5.59. The van der Waals surface area contributed by atoms with E-state index in [0.717, 1.165) is 15.6 Å². The van der Waals surface area contributed by atoms with Crippen molar-refractivity contribution in [2.75, 3.05) is 20.8 Å². The zero-order valence-electron chi connectivity index (χ0n) is 15.0. The number of hydrogen-bond acceptors (Lipinski definition) is 6. The van der Waals surface area contributed by atoms with Crippen molar-refractivity contribution in [2.45, 2.75) is 6.61 Å². The van der Waals surface area contributed by atoms with E-state index in [9.17, 15) is 9.59 Å². The van der Waals surface area contributed by atoms with Gasteiger partial charge in [-0.25, -0.2) is 0 Å². The molecule has 3 rings (SSSR count). The molecule has 1 amide bonds. The topological polar surface area (TPSA) is 73.9 Å². The lowest BCUT2D eigenvalue weighted by Crippen LogP contribution is -2.30. The highest BCUT2D eigenvalue weighted by Crippen LogP contribution is 2.27. The number of methoxy groups -OCH3 is 2. The number of hydrogen-bond donors (Lipinski definition) is 1. The van der Waals surface area contributed by atoms with Gasteiger partial charge in [-0.05, 0) is 35.0 Å². The van der Waals surface area contributed by atoms with Crippen molar-refractivity contribution in [3.05, 3.63) is 59.0 Å². The van der Waals surface area contributed by atoms with Gasteiger partial charge in [0.2, 0.25) is 0 Å². The second-order valence-corrected chi connectivity index (χ2v) is 6.58. The van der Waals surface area contributed by atoms with Crippen molar-refractivity contribution < 1.29 is 23.8 Å². The van der Waals surface area contributed by atoms with Gasteiger partial charge in [-0.3, -0.25) is 9.59 Å². The zero-order valence-corrected chi connectivity index (χ0v) is 15.8. The third-order valence-electron chi connectivity index (χ3n) is 3.99. The van der Waals surface area contributed by atoms with E-state index in [2.05, 4.69) is 5.32 Å². The van der Waals surface area contributed by atoms with Gasteiger partial charge in [0.05, 0.1) is 14.2 Å². The summed E-state index contributed by atoms with van der Waals surface area (Å²) in [6.45, 7) is -0.0374. The SMILES string of the molecule is COc1ccc(C(=O)NCC(=O)OCc2csc3ccccc23)cc1OC. The Bertz CT molecular complexity index is 966. The molecule has 2 aromatic carbocycles. The second kappa shape index (κ2) is 8.55. The number of ether oxygens (including phenoxy) is 3. The Labute approximate surface area is 160 Å². The average Bonchev–Trinajstić information content (AvgIpc) is 3.13. The Morgan fingerprint density at radius 2 is 1.81 bits per heavy atom. The van der Waals surface area contributed by atoms with E-state index in [4.69, 9.17) is 14.2 Å². The molecule has 1 N–H and O–H groups in total. The third-order valence-corrected chi connectivity index (χ3v) is 5.00. The maximum Gasteiger partial charge on any atom is 0.325 e. The van der Waals surface area contributed by atoms with Crippen LogP contribution in [0.25, 0.3) is 10.1 Å². The summed E-state index contributed by atoms with van der Waals surface area (Å²) in [7, 11) is 3.01. The quantitative estimate of drug-likeness (QED) is 0.631. The number of nitrogens with one attached hydrogen (secondary N) is 1. The monoisotopic (exact) mass is 385 g/mol. The maximum absolute atomic E-state index is 12.2. The van der Waals surface area contributed by atoms with E-state index in [1.807, 2.05) is 29.6 Å². The van der Waals surface area contributed by atoms with E-state index in [-0.39, 0.29) is 13.2 Å². The number of thiophene rings is 1. The molecule has 0 bridgehead atoms. The minimum Gasteiger partial charge on any atom is -0.493 e. The smallest absolute Gasteiger partial charge is 0.325 e.